The zero-order valence-electron chi connectivity index (χ0n) is 7.71. The SMILES string of the molecule is Cc1cc2c(N)c(N)cnc2cc1Cl. The summed E-state index contributed by atoms with van der Waals surface area (Å²) >= 11 is 5.97. The number of aromatic nitrogens is 1. The van der Waals surface area contributed by atoms with E-state index in [4.69, 9.17) is 23.1 Å². The van der Waals surface area contributed by atoms with Crippen molar-refractivity contribution >= 4 is 33.9 Å². The van der Waals surface area contributed by atoms with Crippen LogP contribution in [0.4, 0.5) is 11.4 Å². The smallest absolute Gasteiger partial charge is 0.0740 e. The van der Waals surface area contributed by atoms with E-state index in [1.807, 2.05) is 13.0 Å². The van der Waals surface area contributed by atoms with Crippen molar-refractivity contribution in [3.8, 4) is 0 Å². The molecule has 0 fully saturated rings. The Balaban J connectivity index is 2.89. The van der Waals surface area contributed by atoms with Crippen LogP contribution in [0.3, 0.4) is 0 Å². The molecule has 4 heteroatoms. The molecule has 0 aliphatic rings. The molecule has 3 nitrogen and oxygen atoms in total. The first-order valence-corrected chi connectivity index (χ1v) is 4.57. The third-order valence-corrected chi connectivity index (χ3v) is 2.63. The van der Waals surface area contributed by atoms with E-state index < -0.39 is 0 Å². The number of hydrogen-bond donors (Lipinski definition) is 2. The van der Waals surface area contributed by atoms with E-state index >= 15 is 0 Å². The van der Waals surface area contributed by atoms with Gasteiger partial charge in [0.25, 0.3) is 0 Å². The molecule has 14 heavy (non-hydrogen) atoms. The van der Waals surface area contributed by atoms with E-state index in [0.29, 0.717) is 16.4 Å². The van der Waals surface area contributed by atoms with Gasteiger partial charge >= 0.3 is 0 Å². The van der Waals surface area contributed by atoms with Crippen LogP contribution >= 0.6 is 11.6 Å². The molecule has 72 valence electrons. The molecule has 0 saturated carbocycles. The summed E-state index contributed by atoms with van der Waals surface area (Å²) in [5, 5.41) is 1.54. The molecule has 2 aromatic rings. The van der Waals surface area contributed by atoms with Gasteiger partial charge in [-0.2, -0.15) is 0 Å². The van der Waals surface area contributed by atoms with Crippen molar-refractivity contribution in [3.63, 3.8) is 0 Å². The van der Waals surface area contributed by atoms with Crippen molar-refractivity contribution in [3.05, 3.63) is 28.9 Å². The molecule has 1 heterocycles. The van der Waals surface area contributed by atoms with Crippen LogP contribution in [-0.2, 0) is 0 Å². The first-order chi connectivity index (χ1) is 6.59. The quantitative estimate of drug-likeness (QED) is 0.697. The van der Waals surface area contributed by atoms with Gasteiger partial charge in [-0.1, -0.05) is 11.6 Å². The summed E-state index contributed by atoms with van der Waals surface area (Å²) in [5.74, 6) is 0. The molecule has 0 spiro atoms. The van der Waals surface area contributed by atoms with E-state index in [-0.39, 0.29) is 0 Å². The van der Waals surface area contributed by atoms with Gasteiger partial charge in [-0.05, 0) is 24.6 Å². The second-order valence-corrected chi connectivity index (χ2v) is 3.65. The van der Waals surface area contributed by atoms with Crippen LogP contribution < -0.4 is 11.5 Å². The molecule has 0 atom stereocenters. The number of benzene rings is 1. The number of nitrogens with two attached hydrogens (primary N) is 2. The maximum absolute atomic E-state index is 5.97. The lowest BCUT2D eigenvalue weighted by Crippen LogP contribution is -1.97. The number of aryl methyl sites for hydroxylation is 1. The van der Waals surface area contributed by atoms with Crippen LogP contribution in [0.5, 0.6) is 0 Å². The fourth-order valence-electron chi connectivity index (χ4n) is 1.36. The maximum Gasteiger partial charge on any atom is 0.0740 e. The van der Waals surface area contributed by atoms with E-state index in [0.717, 1.165) is 16.5 Å². The fourth-order valence-corrected chi connectivity index (χ4v) is 1.52. The number of rotatable bonds is 0. The second kappa shape index (κ2) is 3.03. The lowest BCUT2D eigenvalue weighted by molar-refractivity contribution is 1.40. The van der Waals surface area contributed by atoms with Crippen molar-refractivity contribution in [1.29, 1.82) is 0 Å². The van der Waals surface area contributed by atoms with Gasteiger partial charge in [-0.15, -0.1) is 0 Å². The number of halogens is 1. The highest BCUT2D eigenvalue weighted by atomic mass is 35.5. The van der Waals surface area contributed by atoms with Crippen molar-refractivity contribution < 1.29 is 0 Å². The van der Waals surface area contributed by atoms with Gasteiger partial charge < -0.3 is 11.5 Å². The monoisotopic (exact) mass is 207 g/mol. The van der Waals surface area contributed by atoms with Crippen LogP contribution in [0.2, 0.25) is 5.02 Å². The van der Waals surface area contributed by atoms with E-state index in [9.17, 15) is 0 Å². The largest absolute Gasteiger partial charge is 0.396 e. The number of nitrogens with zero attached hydrogens (tertiary/aromatic N) is 1. The van der Waals surface area contributed by atoms with Crippen molar-refractivity contribution in [2.75, 3.05) is 11.5 Å². The van der Waals surface area contributed by atoms with Gasteiger partial charge in [0.15, 0.2) is 0 Å². The Kier molecular flexibility index (Phi) is 1.97. The number of nitrogen functional groups attached to an aromatic ring is 2. The second-order valence-electron chi connectivity index (χ2n) is 3.25. The van der Waals surface area contributed by atoms with Crippen molar-refractivity contribution in [1.82, 2.24) is 4.98 Å². The highest BCUT2D eigenvalue weighted by Crippen LogP contribution is 2.28. The molecule has 0 amide bonds. The van der Waals surface area contributed by atoms with Crippen LogP contribution in [-0.4, -0.2) is 4.98 Å². The summed E-state index contributed by atoms with van der Waals surface area (Å²) in [6.07, 6.45) is 1.54. The van der Waals surface area contributed by atoms with Gasteiger partial charge in [0.1, 0.15) is 0 Å². The highest BCUT2D eigenvalue weighted by Gasteiger charge is 2.05. The average Bonchev–Trinajstić information content (AvgIpc) is 2.15. The summed E-state index contributed by atoms with van der Waals surface area (Å²) in [4.78, 5) is 4.15. The van der Waals surface area contributed by atoms with Crippen LogP contribution in [0, 0.1) is 6.92 Å². The average molecular weight is 208 g/mol. The minimum atomic E-state index is 0.499. The summed E-state index contributed by atoms with van der Waals surface area (Å²) in [6.45, 7) is 1.92. The lowest BCUT2D eigenvalue weighted by atomic mass is 10.1. The van der Waals surface area contributed by atoms with E-state index in [1.54, 1.807) is 12.3 Å². The van der Waals surface area contributed by atoms with E-state index in [1.165, 1.54) is 0 Å². The molecule has 0 aliphatic carbocycles. The predicted molar refractivity (Wildman–Crippen MR) is 60.3 cm³/mol. The fraction of sp³-hybridized carbons (Fsp3) is 0.100. The Hall–Kier alpha value is -1.48. The van der Waals surface area contributed by atoms with Gasteiger partial charge in [0.05, 0.1) is 23.1 Å². The third kappa shape index (κ3) is 1.26. The van der Waals surface area contributed by atoms with Crippen LogP contribution in [0.15, 0.2) is 18.3 Å². The Morgan fingerprint density at radius 3 is 2.71 bits per heavy atom. The summed E-state index contributed by atoms with van der Waals surface area (Å²) in [7, 11) is 0. The maximum atomic E-state index is 5.97. The molecule has 0 saturated heterocycles. The molecule has 4 N–H and O–H groups in total. The Labute approximate surface area is 86.7 Å². The number of pyridine rings is 1. The molecule has 2 rings (SSSR count). The van der Waals surface area contributed by atoms with Gasteiger partial charge in [0, 0.05) is 10.4 Å². The zero-order valence-corrected chi connectivity index (χ0v) is 8.47. The van der Waals surface area contributed by atoms with Crippen LogP contribution in [0.1, 0.15) is 5.56 Å². The van der Waals surface area contributed by atoms with E-state index in [2.05, 4.69) is 4.98 Å². The number of anilines is 2. The Bertz CT molecular complexity index is 508. The van der Waals surface area contributed by atoms with Gasteiger partial charge in [-0.3, -0.25) is 4.98 Å². The first kappa shape index (κ1) is 9.09. The Morgan fingerprint density at radius 2 is 2.00 bits per heavy atom. The van der Waals surface area contributed by atoms with Crippen LogP contribution in [0.25, 0.3) is 10.9 Å². The Morgan fingerprint density at radius 1 is 1.29 bits per heavy atom. The van der Waals surface area contributed by atoms with Crippen molar-refractivity contribution in [2.24, 2.45) is 0 Å². The minimum absolute atomic E-state index is 0.499. The van der Waals surface area contributed by atoms with Crippen molar-refractivity contribution in [2.45, 2.75) is 6.92 Å². The molecule has 0 unspecified atom stereocenters. The topological polar surface area (TPSA) is 64.9 Å². The summed E-state index contributed by atoms with van der Waals surface area (Å²) in [6, 6.07) is 3.69. The predicted octanol–water partition coefficient (Wildman–Crippen LogP) is 2.36. The molecular formula is C10H10ClN3. The molecule has 1 aromatic heterocycles. The molecular weight excluding hydrogens is 198 g/mol. The van der Waals surface area contributed by atoms with Gasteiger partial charge in [-0.25, -0.2) is 0 Å². The summed E-state index contributed by atoms with van der Waals surface area (Å²) < 4.78 is 0. The molecule has 0 bridgehead atoms. The lowest BCUT2D eigenvalue weighted by Gasteiger charge is -2.06. The molecule has 1 aromatic carbocycles. The highest BCUT2D eigenvalue weighted by molar-refractivity contribution is 6.32. The third-order valence-electron chi connectivity index (χ3n) is 2.22. The normalized spacial score (nSPS) is 10.7. The number of hydrogen-bond acceptors (Lipinski definition) is 3. The first-order valence-electron chi connectivity index (χ1n) is 4.19. The summed E-state index contributed by atoms with van der Waals surface area (Å²) in [5.41, 5.74) is 14.3. The van der Waals surface area contributed by atoms with Gasteiger partial charge in [0.2, 0.25) is 0 Å². The number of fused-ring (bicyclic) bond motifs is 1. The molecule has 0 aliphatic heterocycles. The minimum Gasteiger partial charge on any atom is -0.396 e. The standard InChI is InChI=1S/C10H10ClN3/c1-5-2-6-9(3-7(5)11)14-4-8(12)10(6)13/h2-4H,12H2,1H3,(H2,13,14). The zero-order chi connectivity index (χ0) is 10.3. The molecule has 0 radical (unpaired) electrons.